The van der Waals surface area contributed by atoms with Crippen LogP contribution in [-0.4, -0.2) is 106 Å². The number of benzene rings is 4. The molecule has 4 aromatic carbocycles. The van der Waals surface area contributed by atoms with Crippen molar-refractivity contribution in [2.75, 3.05) is 51.4 Å². The highest BCUT2D eigenvalue weighted by molar-refractivity contribution is 7.98. The van der Waals surface area contributed by atoms with Crippen LogP contribution in [0.5, 0.6) is 11.5 Å². The first-order chi connectivity index (χ1) is 34.5. The van der Waals surface area contributed by atoms with E-state index >= 15 is 0 Å². The lowest BCUT2D eigenvalue weighted by molar-refractivity contribution is -0.142. The molecule has 374 valence electrons. The molecule has 0 spiro atoms. The molecule has 71 heavy (non-hydrogen) atoms. The Morgan fingerprint density at radius 3 is 2.14 bits per heavy atom. The van der Waals surface area contributed by atoms with Gasteiger partial charge in [0.15, 0.2) is 17.0 Å². The molecule has 0 radical (unpaired) electrons. The van der Waals surface area contributed by atoms with Gasteiger partial charge in [0, 0.05) is 36.2 Å². The smallest absolute Gasteiger partial charge is 0.306 e. The highest BCUT2D eigenvalue weighted by atomic mass is 32.2. The second-order valence-corrected chi connectivity index (χ2v) is 19.7. The van der Waals surface area contributed by atoms with Crippen molar-refractivity contribution in [1.82, 2.24) is 24.2 Å². The van der Waals surface area contributed by atoms with Crippen molar-refractivity contribution in [3.63, 3.8) is 0 Å². The molecular weight excluding hydrogens is 942 g/mol. The summed E-state index contributed by atoms with van der Waals surface area (Å²) in [6, 6.07) is 35.1. The van der Waals surface area contributed by atoms with E-state index in [2.05, 4.69) is 53.7 Å². The zero-order chi connectivity index (χ0) is 50.3. The van der Waals surface area contributed by atoms with Gasteiger partial charge in [-0.3, -0.25) is 14.2 Å². The molecule has 1 aliphatic rings. The number of thioether (sulfide) groups is 1. The third kappa shape index (κ3) is 12.9. The van der Waals surface area contributed by atoms with Gasteiger partial charge < -0.3 is 38.0 Å². The largest absolute Gasteiger partial charge is 0.497 e. The van der Waals surface area contributed by atoms with Crippen molar-refractivity contribution in [3.05, 3.63) is 144 Å². The number of amides is 1. The van der Waals surface area contributed by atoms with Crippen LogP contribution in [0.4, 0.5) is 5.82 Å². The van der Waals surface area contributed by atoms with Crippen molar-refractivity contribution >= 4 is 49.1 Å². The second-order valence-electron chi connectivity index (χ2n) is 17.3. The lowest BCUT2D eigenvalue weighted by Crippen LogP contribution is -2.39. The van der Waals surface area contributed by atoms with E-state index < -0.39 is 32.6 Å². The number of esters is 1. The monoisotopic (exact) mass is 1000 g/mol. The zero-order valence-electron chi connectivity index (χ0n) is 41.2. The minimum atomic E-state index is -1.69. The first-order valence-corrected chi connectivity index (χ1v) is 26.1. The highest BCUT2D eigenvalue weighted by Crippen LogP contribution is 2.51. The summed E-state index contributed by atoms with van der Waals surface area (Å²) in [6.45, 7) is 9.02. The molecular formula is C53H62N7O9PS. The molecule has 1 N–H and O–H groups in total. The van der Waals surface area contributed by atoms with Crippen molar-refractivity contribution in [2.45, 2.75) is 89.5 Å². The number of nitriles is 1. The van der Waals surface area contributed by atoms with Crippen LogP contribution in [0.2, 0.25) is 0 Å². The maximum atomic E-state index is 13.6. The van der Waals surface area contributed by atoms with E-state index in [1.54, 1.807) is 44.4 Å². The highest BCUT2D eigenvalue weighted by Gasteiger charge is 2.45. The molecule has 1 amide bonds. The van der Waals surface area contributed by atoms with Gasteiger partial charge in [-0.05, 0) is 99.0 Å². The lowest BCUT2D eigenvalue weighted by atomic mass is 9.80. The summed E-state index contributed by atoms with van der Waals surface area (Å²) in [5, 5.41) is 12.4. The number of ether oxygens (including phenoxy) is 5. The van der Waals surface area contributed by atoms with Crippen LogP contribution in [0.3, 0.4) is 0 Å². The van der Waals surface area contributed by atoms with E-state index in [0.717, 1.165) is 28.0 Å². The number of rotatable bonds is 25. The third-order valence-electron chi connectivity index (χ3n) is 12.0. The minimum Gasteiger partial charge on any atom is -0.497 e. The zero-order valence-corrected chi connectivity index (χ0v) is 42.9. The van der Waals surface area contributed by atoms with Crippen LogP contribution in [0.1, 0.15) is 85.8 Å². The number of fused-ring (bicyclic) bond motifs is 1. The van der Waals surface area contributed by atoms with Gasteiger partial charge >= 0.3 is 5.97 Å². The van der Waals surface area contributed by atoms with E-state index in [0.29, 0.717) is 47.7 Å². The number of carbonyl (C=O) groups is 2. The fourth-order valence-corrected chi connectivity index (χ4v) is 10.5. The Morgan fingerprint density at radius 2 is 1.54 bits per heavy atom. The van der Waals surface area contributed by atoms with E-state index in [4.69, 9.17) is 37.7 Å². The normalized spacial score (nSPS) is 16.3. The molecule has 0 saturated carbocycles. The molecule has 1 aliphatic heterocycles. The van der Waals surface area contributed by atoms with Crippen molar-refractivity contribution in [1.29, 1.82) is 5.26 Å². The molecule has 6 aromatic rings. The number of methoxy groups -OCH3 is 2. The summed E-state index contributed by atoms with van der Waals surface area (Å²) >= 11 is 1.62. The van der Waals surface area contributed by atoms with E-state index in [-0.39, 0.29) is 55.8 Å². The molecule has 1 saturated heterocycles. The van der Waals surface area contributed by atoms with Gasteiger partial charge in [0.1, 0.15) is 42.4 Å². The summed E-state index contributed by atoms with van der Waals surface area (Å²) in [6.07, 6.45) is 4.37. The fourth-order valence-electron chi connectivity index (χ4n) is 8.54. The van der Waals surface area contributed by atoms with Crippen LogP contribution in [0.25, 0.3) is 11.2 Å². The summed E-state index contributed by atoms with van der Waals surface area (Å²) in [5.41, 5.74) is 3.58. The first kappa shape index (κ1) is 52.9. The fraction of sp³-hybridized carbons (Fsp3) is 0.396. The number of hydrogen-bond acceptors (Lipinski definition) is 15. The van der Waals surface area contributed by atoms with Crippen molar-refractivity contribution in [2.24, 2.45) is 0 Å². The SMILES string of the molecule is COc1ccc(C(OC[C@H]2O[C@@H](n3cnc4c(NC(=O)c5ccc(CCC(=O)OCCSC)cc5)ncnc43)CC2OP(OCCC#N)N(C(C)C)C(C)C)(c2ccccc2)c2ccc(OC)cc2)cc1. The summed E-state index contributed by atoms with van der Waals surface area (Å²) in [5.74, 6) is 1.75. The Morgan fingerprint density at radius 1 is 0.887 bits per heavy atom. The van der Waals surface area contributed by atoms with E-state index in [9.17, 15) is 14.9 Å². The average Bonchev–Trinajstić information content (AvgIpc) is 4.01. The Kier molecular flexibility index (Phi) is 18.9. The van der Waals surface area contributed by atoms with Crippen molar-refractivity contribution in [3.8, 4) is 17.6 Å². The lowest BCUT2D eigenvalue weighted by Gasteiger charge is -2.39. The second kappa shape index (κ2) is 25.4. The number of hydrogen-bond donors (Lipinski definition) is 1. The summed E-state index contributed by atoms with van der Waals surface area (Å²) in [4.78, 5) is 39.5. The van der Waals surface area contributed by atoms with Crippen molar-refractivity contribution < 1.29 is 42.3 Å². The molecule has 2 aromatic heterocycles. The number of nitrogens with one attached hydrogen (secondary N) is 1. The molecule has 0 aliphatic carbocycles. The molecule has 16 nitrogen and oxygen atoms in total. The van der Waals surface area contributed by atoms with Crippen LogP contribution < -0.4 is 14.8 Å². The molecule has 0 bridgehead atoms. The van der Waals surface area contributed by atoms with Gasteiger partial charge in [0.2, 0.25) is 0 Å². The Labute approximate surface area is 421 Å². The van der Waals surface area contributed by atoms with Crippen LogP contribution in [-0.2, 0) is 40.1 Å². The number of anilines is 1. The molecule has 3 heterocycles. The van der Waals surface area contributed by atoms with Crippen LogP contribution in [0, 0.1) is 11.3 Å². The van der Waals surface area contributed by atoms with Gasteiger partial charge in [-0.15, -0.1) is 0 Å². The van der Waals surface area contributed by atoms with Gasteiger partial charge in [0.25, 0.3) is 14.4 Å². The Balaban J connectivity index is 1.20. The molecule has 2 unspecified atom stereocenters. The van der Waals surface area contributed by atoms with Gasteiger partial charge in [-0.25, -0.2) is 19.6 Å². The quantitative estimate of drug-likeness (QED) is 0.0247. The first-order valence-electron chi connectivity index (χ1n) is 23.6. The van der Waals surface area contributed by atoms with Gasteiger partial charge in [-0.2, -0.15) is 17.0 Å². The minimum absolute atomic E-state index is 0.0537. The average molecular weight is 1000 g/mol. The van der Waals surface area contributed by atoms with Gasteiger partial charge in [0.05, 0.1) is 52.4 Å². The third-order valence-corrected chi connectivity index (χ3v) is 14.7. The number of nitrogens with zero attached hydrogens (tertiary/aromatic N) is 6. The molecule has 1 fully saturated rings. The van der Waals surface area contributed by atoms with E-state index in [1.807, 2.05) is 102 Å². The van der Waals surface area contributed by atoms with Crippen LogP contribution >= 0.6 is 20.3 Å². The predicted molar refractivity (Wildman–Crippen MR) is 274 cm³/mol. The molecule has 7 rings (SSSR count). The summed E-state index contributed by atoms with van der Waals surface area (Å²) < 4.78 is 48.4. The number of aryl methyl sites for hydroxylation is 1. The Hall–Kier alpha value is -5.96. The molecule has 18 heteroatoms. The predicted octanol–water partition coefficient (Wildman–Crippen LogP) is 9.89. The Bertz CT molecular complexity index is 2630. The number of aromatic nitrogens is 4. The summed E-state index contributed by atoms with van der Waals surface area (Å²) in [7, 11) is 1.58. The number of carbonyl (C=O) groups excluding carboxylic acids is 2. The topological polar surface area (TPSA) is 181 Å². The van der Waals surface area contributed by atoms with Gasteiger partial charge in [-0.1, -0.05) is 66.7 Å². The van der Waals surface area contributed by atoms with Crippen LogP contribution in [0.15, 0.2) is 116 Å². The number of imidazole rings is 1. The maximum Gasteiger partial charge on any atom is 0.306 e. The van der Waals surface area contributed by atoms with E-state index in [1.165, 1.54) is 6.33 Å². The molecule has 4 atom stereocenters. The standard InChI is InChI=1S/C53H62N7O9PS/c1-36(2)60(37(3)4)70(67-29-11-28-54)69-45-32-47(59-35-57-49-50(55-34-56-51(49)59)58-52(62)39-17-14-38(15-18-39)16-27-48(61)65-30-31-71-7)68-46(45)33-66-53(40-12-9-8-10-13-40,41-19-23-43(63-5)24-20-41)42-21-25-44(64-6)26-22-42/h8-10,12-15,17-26,34-37,45-47H,11,16,27,29-33H2,1-7H3,(H,55,56,58,62)/t45?,46-,47-,70?/m1/s1. The maximum absolute atomic E-state index is 13.6.